The molecule has 1 N–H and O–H groups in total. The highest BCUT2D eigenvalue weighted by atomic mass is 19.1. The third kappa shape index (κ3) is 3.59. The number of fused-ring (bicyclic) bond motifs is 1. The highest BCUT2D eigenvalue weighted by molar-refractivity contribution is 5.99. The van der Waals surface area contributed by atoms with Gasteiger partial charge in [0.2, 0.25) is 0 Å². The SMILES string of the molecule is CC(CNC(=O)C1=Cc2ccccc2OC1)c1ccc(F)cc1. The van der Waals surface area contributed by atoms with Crippen LogP contribution in [-0.4, -0.2) is 19.1 Å². The van der Waals surface area contributed by atoms with Gasteiger partial charge in [0, 0.05) is 12.1 Å². The first-order chi connectivity index (χ1) is 11.1. The molecule has 1 aliphatic heterocycles. The molecule has 1 atom stereocenters. The molecule has 2 aromatic carbocycles. The minimum absolute atomic E-state index is 0.108. The molecular weight excluding hydrogens is 293 g/mol. The second-order valence-corrected chi connectivity index (χ2v) is 5.66. The first kappa shape index (κ1) is 15.3. The van der Waals surface area contributed by atoms with E-state index in [4.69, 9.17) is 4.74 Å². The molecule has 0 aliphatic carbocycles. The molecule has 0 aromatic heterocycles. The molecule has 4 heteroatoms. The molecule has 0 saturated carbocycles. The van der Waals surface area contributed by atoms with Crippen molar-refractivity contribution < 1.29 is 13.9 Å². The molecule has 0 saturated heterocycles. The van der Waals surface area contributed by atoms with Crippen LogP contribution in [0.15, 0.2) is 54.1 Å². The Kier molecular flexibility index (Phi) is 4.42. The predicted octanol–water partition coefficient (Wildman–Crippen LogP) is 3.52. The van der Waals surface area contributed by atoms with Crippen molar-refractivity contribution in [1.82, 2.24) is 5.32 Å². The zero-order valence-electron chi connectivity index (χ0n) is 12.9. The number of amides is 1. The molecule has 118 valence electrons. The second kappa shape index (κ2) is 6.65. The van der Waals surface area contributed by atoms with E-state index in [2.05, 4.69) is 5.32 Å². The summed E-state index contributed by atoms with van der Waals surface area (Å²) < 4.78 is 18.5. The Morgan fingerprint density at radius 3 is 2.74 bits per heavy atom. The number of halogens is 1. The summed E-state index contributed by atoms with van der Waals surface area (Å²) in [6.07, 6.45) is 1.86. The fourth-order valence-electron chi connectivity index (χ4n) is 2.52. The summed E-state index contributed by atoms with van der Waals surface area (Å²) in [7, 11) is 0. The number of nitrogens with one attached hydrogen (secondary N) is 1. The van der Waals surface area contributed by atoms with Crippen molar-refractivity contribution in [3.8, 4) is 5.75 Å². The molecule has 23 heavy (non-hydrogen) atoms. The lowest BCUT2D eigenvalue weighted by Crippen LogP contribution is -2.31. The van der Waals surface area contributed by atoms with E-state index in [1.807, 2.05) is 37.3 Å². The van der Waals surface area contributed by atoms with Gasteiger partial charge >= 0.3 is 0 Å². The smallest absolute Gasteiger partial charge is 0.250 e. The van der Waals surface area contributed by atoms with E-state index < -0.39 is 0 Å². The monoisotopic (exact) mass is 311 g/mol. The lowest BCUT2D eigenvalue weighted by molar-refractivity contribution is -0.117. The Morgan fingerprint density at radius 2 is 1.96 bits per heavy atom. The number of carbonyl (C=O) groups excluding carboxylic acids is 1. The van der Waals surface area contributed by atoms with E-state index in [0.717, 1.165) is 16.9 Å². The average Bonchev–Trinajstić information content (AvgIpc) is 2.59. The van der Waals surface area contributed by atoms with E-state index in [-0.39, 0.29) is 24.2 Å². The molecule has 0 radical (unpaired) electrons. The van der Waals surface area contributed by atoms with Crippen molar-refractivity contribution in [2.75, 3.05) is 13.2 Å². The summed E-state index contributed by atoms with van der Waals surface area (Å²) in [4.78, 5) is 12.3. The van der Waals surface area contributed by atoms with Gasteiger partial charge in [0.05, 0.1) is 5.57 Å². The fourth-order valence-corrected chi connectivity index (χ4v) is 2.52. The van der Waals surface area contributed by atoms with Gasteiger partial charge in [0.1, 0.15) is 18.2 Å². The van der Waals surface area contributed by atoms with Crippen LogP contribution in [-0.2, 0) is 4.79 Å². The van der Waals surface area contributed by atoms with Crippen molar-refractivity contribution in [2.45, 2.75) is 12.8 Å². The number of carbonyl (C=O) groups is 1. The minimum atomic E-state index is -0.256. The highest BCUT2D eigenvalue weighted by Crippen LogP contribution is 2.25. The molecule has 1 amide bonds. The lowest BCUT2D eigenvalue weighted by Gasteiger charge is -2.18. The van der Waals surface area contributed by atoms with Crippen molar-refractivity contribution in [2.24, 2.45) is 0 Å². The number of para-hydroxylation sites is 1. The lowest BCUT2D eigenvalue weighted by atomic mass is 10.0. The third-order valence-corrected chi connectivity index (χ3v) is 3.93. The van der Waals surface area contributed by atoms with Crippen LogP contribution in [0, 0.1) is 5.82 Å². The third-order valence-electron chi connectivity index (χ3n) is 3.93. The maximum atomic E-state index is 12.9. The van der Waals surface area contributed by atoms with Gasteiger partial charge in [0.15, 0.2) is 0 Å². The molecular formula is C19H18FNO2. The molecule has 1 unspecified atom stereocenters. The topological polar surface area (TPSA) is 38.3 Å². The van der Waals surface area contributed by atoms with Gasteiger partial charge in [-0.2, -0.15) is 0 Å². The van der Waals surface area contributed by atoms with Crippen LogP contribution in [0.2, 0.25) is 0 Å². The molecule has 0 spiro atoms. The van der Waals surface area contributed by atoms with Crippen molar-refractivity contribution in [3.63, 3.8) is 0 Å². The van der Waals surface area contributed by atoms with Crippen LogP contribution in [0.3, 0.4) is 0 Å². The Balaban J connectivity index is 1.62. The van der Waals surface area contributed by atoms with Crippen LogP contribution in [0.25, 0.3) is 6.08 Å². The number of rotatable bonds is 4. The van der Waals surface area contributed by atoms with Crippen molar-refractivity contribution in [1.29, 1.82) is 0 Å². The largest absolute Gasteiger partial charge is 0.488 e. The minimum Gasteiger partial charge on any atom is -0.488 e. The van der Waals surface area contributed by atoms with Gasteiger partial charge in [-0.3, -0.25) is 4.79 Å². The zero-order valence-corrected chi connectivity index (χ0v) is 12.9. The van der Waals surface area contributed by atoms with Gasteiger partial charge in [0.25, 0.3) is 5.91 Å². The maximum Gasteiger partial charge on any atom is 0.250 e. The van der Waals surface area contributed by atoms with Crippen LogP contribution >= 0.6 is 0 Å². The van der Waals surface area contributed by atoms with E-state index in [9.17, 15) is 9.18 Å². The summed E-state index contributed by atoms with van der Waals surface area (Å²) in [6, 6.07) is 14.0. The predicted molar refractivity (Wildman–Crippen MR) is 87.7 cm³/mol. The first-order valence-electron chi connectivity index (χ1n) is 7.59. The van der Waals surface area contributed by atoms with Gasteiger partial charge in [-0.25, -0.2) is 4.39 Å². The van der Waals surface area contributed by atoms with Crippen LogP contribution in [0.1, 0.15) is 24.0 Å². The molecule has 0 fully saturated rings. The summed E-state index contributed by atoms with van der Waals surface area (Å²) in [5, 5.41) is 2.92. The number of hydrogen-bond acceptors (Lipinski definition) is 2. The summed E-state index contributed by atoms with van der Waals surface area (Å²) >= 11 is 0. The number of ether oxygens (including phenoxy) is 1. The van der Waals surface area contributed by atoms with Gasteiger partial charge < -0.3 is 10.1 Å². The number of hydrogen-bond donors (Lipinski definition) is 1. The normalized spacial score (nSPS) is 14.3. The van der Waals surface area contributed by atoms with E-state index in [1.165, 1.54) is 12.1 Å². The molecule has 1 heterocycles. The summed E-state index contributed by atoms with van der Waals surface area (Å²) in [5.41, 5.74) is 2.51. The van der Waals surface area contributed by atoms with Gasteiger partial charge in [-0.05, 0) is 35.8 Å². The van der Waals surface area contributed by atoms with E-state index in [1.54, 1.807) is 12.1 Å². The Labute approximate surface area is 134 Å². The molecule has 0 bridgehead atoms. The Morgan fingerprint density at radius 1 is 1.22 bits per heavy atom. The van der Waals surface area contributed by atoms with E-state index >= 15 is 0 Å². The Bertz CT molecular complexity index is 737. The molecule has 3 nitrogen and oxygen atoms in total. The van der Waals surface area contributed by atoms with Crippen LogP contribution < -0.4 is 10.1 Å². The molecule has 3 rings (SSSR count). The average molecular weight is 311 g/mol. The van der Waals surface area contributed by atoms with E-state index in [0.29, 0.717) is 12.1 Å². The van der Waals surface area contributed by atoms with Gasteiger partial charge in [-0.1, -0.05) is 37.3 Å². The first-order valence-corrected chi connectivity index (χ1v) is 7.59. The molecule has 2 aromatic rings. The van der Waals surface area contributed by atoms with Crippen molar-refractivity contribution >= 4 is 12.0 Å². The standard InChI is InChI=1S/C19H18FNO2/c1-13(14-6-8-17(20)9-7-14)11-21-19(22)16-10-15-4-2-3-5-18(15)23-12-16/h2-10,13H,11-12H2,1H3,(H,21,22). The summed E-state index contributed by atoms with van der Waals surface area (Å²) in [5.74, 6) is 0.516. The quantitative estimate of drug-likeness (QED) is 0.938. The fraction of sp³-hybridized carbons (Fsp3) is 0.211. The van der Waals surface area contributed by atoms with Gasteiger partial charge in [-0.15, -0.1) is 0 Å². The van der Waals surface area contributed by atoms with Crippen LogP contribution in [0.4, 0.5) is 4.39 Å². The Hall–Kier alpha value is -2.62. The highest BCUT2D eigenvalue weighted by Gasteiger charge is 2.17. The summed E-state index contributed by atoms with van der Waals surface area (Å²) in [6.45, 7) is 2.76. The maximum absolute atomic E-state index is 12.9. The van der Waals surface area contributed by atoms with Crippen molar-refractivity contribution in [3.05, 3.63) is 71.0 Å². The molecule has 1 aliphatic rings. The van der Waals surface area contributed by atoms with Crippen LogP contribution in [0.5, 0.6) is 5.75 Å². The number of benzene rings is 2. The zero-order chi connectivity index (χ0) is 16.2. The second-order valence-electron chi connectivity index (χ2n) is 5.66.